The predicted molar refractivity (Wildman–Crippen MR) is 105 cm³/mol. The van der Waals surface area contributed by atoms with E-state index in [2.05, 4.69) is 15.3 Å². The first-order valence-electron chi connectivity index (χ1n) is 9.18. The first-order valence-corrected chi connectivity index (χ1v) is 10.00. The van der Waals surface area contributed by atoms with Gasteiger partial charge in [0, 0.05) is 24.9 Å². The van der Waals surface area contributed by atoms with E-state index in [1.807, 2.05) is 18.2 Å². The van der Waals surface area contributed by atoms with Gasteiger partial charge in [0.25, 0.3) is 0 Å². The average molecular weight is 369 g/mol. The van der Waals surface area contributed by atoms with Crippen molar-refractivity contribution in [3.8, 4) is 11.5 Å². The van der Waals surface area contributed by atoms with E-state index in [0.29, 0.717) is 11.4 Å². The second-order valence-corrected chi connectivity index (χ2v) is 7.81. The number of thiazole rings is 1. The highest BCUT2D eigenvalue weighted by atomic mass is 32.1. The fraction of sp³-hybridized carbons (Fsp3) is 0.400. The Bertz CT molecular complexity index is 874. The number of nitrogens with one attached hydrogen (secondary N) is 1. The number of anilines is 1. The molecular formula is C20H23N3O2S. The number of nitrogens with zero attached hydrogens (tertiary/aromatic N) is 2. The minimum absolute atomic E-state index is 0.0961. The van der Waals surface area contributed by atoms with Crippen LogP contribution in [0.4, 0.5) is 5.13 Å². The number of fused-ring (bicyclic) bond motifs is 1. The summed E-state index contributed by atoms with van der Waals surface area (Å²) in [5.41, 5.74) is 1.58. The molecule has 4 rings (SSSR count). The lowest BCUT2D eigenvalue weighted by Crippen LogP contribution is -2.16. The number of rotatable bonds is 6. The lowest BCUT2D eigenvalue weighted by Gasteiger charge is -2.21. The van der Waals surface area contributed by atoms with Gasteiger partial charge in [-0.15, -0.1) is 0 Å². The van der Waals surface area contributed by atoms with Gasteiger partial charge in [0.05, 0.1) is 22.5 Å². The zero-order chi connectivity index (χ0) is 17.8. The van der Waals surface area contributed by atoms with E-state index in [0.717, 1.165) is 33.6 Å². The quantitative estimate of drug-likeness (QED) is 0.642. The lowest BCUT2D eigenvalue weighted by atomic mass is 9.89. The molecule has 3 aromatic rings. The number of hydrogen-bond donors (Lipinski definition) is 2. The van der Waals surface area contributed by atoms with Crippen LogP contribution in [0.2, 0.25) is 0 Å². The zero-order valence-electron chi connectivity index (χ0n) is 14.6. The number of aliphatic hydroxyl groups excluding tert-OH is 1. The van der Waals surface area contributed by atoms with Crippen LogP contribution in [-0.2, 0) is 6.61 Å². The van der Waals surface area contributed by atoms with E-state index in [1.54, 1.807) is 29.7 Å². The van der Waals surface area contributed by atoms with Gasteiger partial charge in [-0.2, -0.15) is 0 Å². The highest BCUT2D eigenvalue weighted by Gasteiger charge is 2.14. The molecule has 0 spiro atoms. The van der Waals surface area contributed by atoms with Crippen LogP contribution in [0, 0.1) is 5.92 Å². The third kappa shape index (κ3) is 4.14. The highest BCUT2D eigenvalue weighted by Crippen LogP contribution is 2.32. The van der Waals surface area contributed by atoms with Crippen molar-refractivity contribution in [2.45, 2.75) is 38.7 Å². The minimum Gasteiger partial charge on any atom is -0.457 e. The number of aromatic nitrogens is 2. The molecule has 1 aliphatic rings. The SMILES string of the molecule is OCc1cc(Oc2ccc3nc(NCC4CCCCC4)sc3c2)ccn1. The summed E-state index contributed by atoms with van der Waals surface area (Å²) in [6.45, 7) is 0.922. The minimum atomic E-state index is -0.0961. The molecule has 0 aliphatic heterocycles. The molecule has 1 fully saturated rings. The molecule has 0 bridgehead atoms. The Morgan fingerprint density at radius 1 is 1.12 bits per heavy atom. The third-order valence-electron chi connectivity index (χ3n) is 4.81. The summed E-state index contributed by atoms with van der Waals surface area (Å²) in [6.07, 6.45) is 8.41. The number of benzene rings is 1. The molecule has 2 heterocycles. The molecule has 1 saturated carbocycles. The molecule has 26 heavy (non-hydrogen) atoms. The van der Waals surface area contributed by atoms with Crippen molar-refractivity contribution >= 4 is 26.7 Å². The first kappa shape index (κ1) is 17.2. The number of hydrogen-bond acceptors (Lipinski definition) is 6. The molecular weight excluding hydrogens is 346 g/mol. The highest BCUT2D eigenvalue weighted by molar-refractivity contribution is 7.22. The molecule has 136 valence electrons. The Kier molecular flexibility index (Phi) is 5.32. The Balaban J connectivity index is 1.44. The molecule has 1 aliphatic carbocycles. The number of pyridine rings is 1. The van der Waals surface area contributed by atoms with Gasteiger partial charge >= 0.3 is 0 Å². The zero-order valence-corrected chi connectivity index (χ0v) is 15.5. The van der Waals surface area contributed by atoms with Crippen molar-refractivity contribution in [3.05, 3.63) is 42.2 Å². The van der Waals surface area contributed by atoms with Gasteiger partial charge in [-0.25, -0.2) is 4.98 Å². The van der Waals surface area contributed by atoms with Gasteiger partial charge in [-0.1, -0.05) is 30.6 Å². The van der Waals surface area contributed by atoms with Gasteiger partial charge in [0.15, 0.2) is 5.13 Å². The third-order valence-corrected chi connectivity index (χ3v) is 5.79. The molecule has 0 atom stereocenters. The molecule has 0 radical (unpaired) electrons. The summed E-state index contributed by atoms with van der Waals surface area (Å²) < 4.78 is 7.00. The molecule has 2 aromatic heterocycles. The van der Waals surface area contributed by atoms with Gasteiger partial charge in [-0.05, 0) is 37.0 Å². The number of ether oxygens (including phenoxy) is 1. The standard InChI is InChI=1S/C20H23N3O2S/c24-13-15-10-17(8-9-21-15)25-16-6-7-18-19(11-16)26-20(23-18)22-12-14-4-2-1-3-5-14/h6-11,14,24H,1-5,12-13H2,(H,22,23). The summed E-state index contributed by atoms with van der Waals surface area (Å²) in [5.74, 6) is 2.21. The van der Waals surface area contributed by atoms with Crippen LogP contribution in [-0.4, -0.2) is 21.6 Å². The van der Waals surface area contributed by atoms with E-state index in [9.17, 15) is 5.11 Å². The molecule has 2 N–H and O–H groups in total. The van der Waals surface area contributed by atoms with Crippen LogP contribution >= 0.6 is 11.3 Å². The summed E-state index contributed by atoms with van der Waals surface area (Å²) in [4.78, 5) is 8.75. The van der Waals surface area contributed by atoms with Crippen molar-refractivity contribution in [1.82, 2.24) is 9.97 Å². The fourth-order valence-electron chi connectivity index (χ4n) is 3.41. The van der Waals surface area contributed by atoms with Crippen LogP contribution < -0.4 is 10.1 Å². The maximum Gasteiger partial charge on any atom is 0.183 e. The van der Waals surface area contributed by atoms with Gasteiger partial charge in [0.2, 0.25) is 0 Å². The summed E-state index contributed by atoms with van der Waals surface area (Å²) >= 11 is 1.66. The van der Waals surface area contributed by atoms with E-state index >= 15 is 0 Å². The Labute approximate surface area is 157 Å². The Morgan fingerprint density at radius 3 is 2.81 bits per heavy atom. The van der Waals surface area contributed by atoms with Gasteiger partial charge in [0.1, 0.15) is 11.5 Å². The van der Waals surface area contributed by atoms with E-state index < -0.39 is 0 Å². The smallest absolute Gasteiger partial charge is 0.183 e. The second-order valence-electron chi connectivity index (χ2n) is 6.78. The van der Waals surface area contributed by atoms with Crippen molar-refractivity contribution in [2.24, 2.45) is 5.92 Å². The maximum absolute atomic E-state index is 9.19. The van der Waals surface area contributed by atoms with Crippen molar-refractivity contribution in [3.63, 3.8) is 0 Å². The van der Waals surface area contributed by atoms with Crippen LogP contribution in [0.1, 0.15) is 37.8 Å². The topological polar surface area (TPSA) is 67.3 Å². The Morgan fingerprint density at radius 2 is 1.96 bits per heavy atom. The van der Waals surface area contributed by atoms with Crippen LogP contribution in [0.15, 0.2) is 36.5 Å². The van der Waals surface area contributed by atoms with E-state index in [1.165, 1.54) is 32.1 Å². The Hall–Kier alpha value is -2.18. The molecule has 0 saturated heterocycles. The largest absolute Gasteiger partial charge is 0.457 e. The molecule has 5 nitrogen and oxygen atoms in total. The van der Waals surface area contributed by atoms with Gasteiger partial charge in [-0.3, -0.25) is 4.98 Å². The molecule has 0 unspecified atom stereocenters. The van der Waals surface area contributed by atoms with Crippen molar-refractivity contribution in [1.29, 1.82) is 0 Å². The van der Waals surface area contributed by atoms with E-state index in [-0.39, 0.29) is 6.61 Å². The summed E-state index contributed by atoms with van der Waals surface area (Å²) in [6, 6.07) is 9.45. The predicted octanol–water partition coefficient (Wildman–Crippen LogP) is 4.97. The van der Waals surface area contributed by atoms with Crippen molar-refractivity contribution < 1.29 is 9.84 Å². The summed E-state index contributed by atoms with van der Waals surface area (Å²) in [5, 5.41) is 13.7. The van der Waals surface area contributed by atoms with Crippen LogP contribution in [0.5, 0.6) is 11.5 Å². The number of aliphatic hydroxyl groups is 1. The maximum atomic E-state index is 9.19. The second kappa shape index (κ2) is 8.01. The van der Waals surface area contributed by atoms with Crippen LogP contribution in [0.25, 0.3) is 10.2 Å². The monoisotopic (exact) mass is 369 g/mol. The molecule has 6 heteroatoms. The molecule has 0 amide bonds. The summed E-state index contributed by atoms with van der Waals surface area (Å²) in [7, 11) is 0. The first-order chi connectivity index (χ1) is 12.8. The van der Waals surface area contributed by atoms with Gasteiger partial charge < -0.3 is 15.2 Å². The lowest BCUT2D eigenvalue weighted by molar-refractivity contribution is 0.276. The normalized spacial score (nSPS) is 15.3. The van der Waals surface area contributed by atoms with Crippen molar-refractivity contribution in [2.75, 3.05) is 11.9 Å². The average Bonchev–Trinajstić information content (AvgIpc) is 3.09. The van der Waals surface area contributed by atoms with Crippen LogP contribution in [0.3, 0.4) is 0 Å². The molecule has 1 aromatic carbocycles. The van der Waals surface area contributed by atoms with E-state index in [4.69, 9.17) is 4.74 Å². The fourth-order valence-corrected chi connectivity index (χ4v) is 4.31.